The van der Waals surface area contributed by atoms with Gasteiger partial charge in [0.1, 0.15) is 11.3 Å². The molecule has 0 radical (unpaired) electrons. The van der Waals surface area contributed by atoms with Crippen molar-refractivity contribution in [2.45, 2.75) is 11.5 Å². The first-order valence-corrected chi connectivity index (χ1v) is 4.23. The second kappa shape index (κ2) is 3.45. The number of nitrogens with zero attached hydrogens (tertiary/aromatic N) is 1. The van der Waals surface area contributed by atoms with Crippen molar-refractivity contribution in [3.8, 4) is 5.75 Å². The number of halogens is 2. The van der Waals surface area contributed by atoms with Crippen molar-refractivity contribution in [1.29, 1.82) is 0 Å². The molecular formula is C8H6F2N2OS. The number of benzene rings is 1. The van der Waals surface area contributed by atoms with E-state index in [2.05, 4.69) is 27.3 Å². The summed E-state index contributed by atoms with van der Waals surface area (Å²) in [6.45, 7) is -2.85. The fourth-order valence-corrected chi connectivity index (χ4v) is 1.47. The third kappa shape index (κ3) is 1.52. The summed E-state index contributed by atoms with van der Waals surface area (Å²) in [6, 6.07) is 3.04. The lowest BCUT2D eigenvalue weighted by Gasteiger charge is -2.06. The number of H-pyrrole nitrogens is 1. The van der Waals surface area contributed by atoms with Crippen LogP contribution in [0, 0.1) is 0 Å². The molecule has 0 saturated carbocycles. The van der Waals surface area contributed by atoms with Gasteiger partial charge in [0.25, 0.3) is 0 Å². The number of aromatic nitrogens is 2. The molecule has 6 heteroatoms. The molecule has 0 bridgehead atoms. The van der Waals surface area contributed by atoms with Gasteiger partial charge in [-0.3, -0.25) is 0 Å². The van der Waals surface area contributed by atoms with Gasteiger partial charge >= 0.3 is 6.61 Å². The Morgan fingerprint density at radius 3 is 2.93 bits per heavy atom. The number of hydrogen-bond acceptors (Lipinski definition) is 3. The van der Waals surface area contributed by atoms with Gasteiger partial charge in [-0.1, -0.05) is 0 Å². The molecule has 0 aliphatic carbocycles. The predicted molar refractivity (Wildman–Crippen MR) is 50.0 cm³/mol. The van der Waals surface area contributed by atoms with Crippen LogP contribution in [0.2, 0.25) is 0 Å². The van der Waals surface area contributed by atoms with Crippen LogP contribution in [0.15, 0.2) is 23.4 Å². The highest BCUT2D eigenvalue weighted by molar-refractivity contribution is 7.80. The number of nitrogens with one attached hydrogen (secondary N) is 1. The van der Waals surface area contributed by atoms with E-state index in [4.69, 9.17) is 0 Å². The van der Waals surface area contributed by atoms with Crippen LogP contribution < -0.4 is 4.74 Å². The van der Waals surface area contributed by atoms with Crippen molar-refractivity contribution >= 4 is 23.7 Å². The van der Waals surface area contributed by atoms with Gasteiger partial charge in [-0.25, -0.2) is 4.98 Å². The van der Waals surface area contributed by atoms with E-state index in [1.165, 1.54) is 12.4 Å². The van der Waals surface area contributed by atoms with Crippen LogP contribution in [0.1, 0.15) is 0 Å². The lowest BCUT2D eigenvalue weighted by atomic mass is 10.3. The smallest absolute Gasteiger partial charge is 0.387 e. The van der Waals surface area contributed by atoms with E-state index < -0.39 is 6.61 Å². The van der Waals surface area contributed by atoms with Crippen LogP contribution in [0.5, 0.6) is 5.75 Å². The molecule has 0 atom stereocenters. The van der Waals surface area contributed by atoms with Crippen LogP contribution in [0.4, 0.5) is 8.78 Å². The minimum absolute atomic E-state index is 0.0305. The van der Waals surface area contributed by atoms with E-state index >= 15 is 0 Å². The van der Waals surface area contributed by atoms with Crippen molar-refractivity contribution in [1.82, 2.24) is 9.97 Å². The minimum Gasteiger partial charge on any atom is -0.434 e. The number of rotatable bonds is 2. The van der Waals surface area contributed by atoms with E-state index in [-0.39, 0.29) is 5.75 Å². The quantitative estimate of drug-likeness (QED) is 0.757. The first-order chi connectivity index (χ1) is 6.68. The summed E-state index contributed by atoms with van der Waals surface area (Å²) in [5.74, 6) is 0.0305. The molecule has 3 nitrogen and oxygen atoms in total. The predicted octanol–water partition coefficient (Wildman–Crippen LogP) is 2.45. The normalized spacial score (nSPS) is 11.1. The van der Waals surface area contributed by atoms with Crippen LogP contribution in [-0.4, -0.2) is 16.6 Å². The monoisotopic (exact) mass is 216 g/mol. The minimum atomic E-state index is -2.85. The molecule has 0 amide bonds. The van der Waals surface area contributed by atoms with E-state index in [0.717, 1.165) is 5.52 Å². The van der Waals surface area contributed by atoms with Crippen LogP contribution in [0.25, 0.3) is 11.0 Å². The van der Waals surface area contributed by atoms with E-state index in [0.29, 0.717) is 10.4 Å². The first kappa shape index (κ1) is 9.26. The van der Waals surface area contributed by atoms with Crippen LogP contribution in [0.3, 0.4) is 0 Å². The van der Waals surface area contributed by atoms with Crippen molar-refractivity contribution in [3.63, 3.8) is 0 Å². The van der Waals surface area contributed by atoms with Crippen molar-refractivity contribution < 1.29 is 13.5 Å². The second-order valence-corrected chi connectivity index (χ2v) is 3.04. The molecular weight excluding hydrogens is 210 g/mol. The Bertz CT molecular complexity index is 458. The standard InChI is InChI=1S/C8H6F2N2OS/c9-8(10)13-5-2-1-4-6(7(5)14)12-3-11-4/h1-3,8,14H,(H,11,12). The van der Waals surface area contributed by atoms with Gasteiger partial charge in [0.2, 0.25) is 0 Å². The zero-order valence-corrected chi connectivity index (χ0v) is 7.76. The molecule has 0 unspecified atom stereocenters. The lowest BCUT2D eigenvalue weighted by molar-refractivity contribution is -0.0514. The number of thiol groups is 1. The third-order valence-electron chi connectivity index (χ3n) is 1.74. The topological polar surface area (TPSA) is 37.9 Å². The number of aromatic amines is 1. The van der Waals surface area contributed by atoms with Gasteiger partial charge in [0, 0.05) is 0 Å². The number of ether oxygens (including phenoxy) is 1. The van der Waals surface area contributed by atoms with Crippen molar-refractivity contribution in [3.05, 3.63) is 18.5 Å². The van der Waals surface area contributed by atoms with Gasteiger partial charge in [0.15, 0.2) is 0 Å². The van der Waals surface area contributed by atoms with Crippen molar-refractivity contribution in [2.24, 2.45) is 0 Å². The molecule has 2 rings (SSSR count). The Hall–Kier alpha value is -1.30. The van der Waals surface area contributed by atoms with Crippen LogP contribution in [-0.2, 0) is 0 Å². The second-order valence-electron chi connectivity index (χ2n) is 2.59. The summed E-state index contributed by atoms with van der Waals surface area (Å²) >= 11 is 4.06. The molecule has 0 aliphatic rings. The lowest BCUT2D eigenvalue weighted by Crippen LogP contribution is -2.02. The highest BCUT2D eigenvalue weighted by atomic mass is 32.1. The third-order valence-corrected chi connectivity index (χ3v) is 2.18. The summed E-state index contributed by atoms with van der Waals surface area (Å²) in [5.41, 5.74) is 1.25. The number of alkyl halides is 2. The Labute approximate surface area is 83.5 Å². The highest BCUT2D eigenvalue weighted by Gasteiger charge is 2.11. The Balaban J connectivity index is 2.51. The summed E-state index contributed by atoms with van der Waals surface area (Å²) < 4.78 is 28.1. The van der Waals surface area contributed by atoms with Gasteiger partial charge < -0.3 is 9.72 Å². The number of fused-ring (bicyclic) bond motifs is 1. The van der Waals surface area contributed by atoms with E-state index in [1.54, 1.807) is 6.07 Å². The largest absolute Gasteiger partial charge is 0.434 e. The summed E-state index contributed by atoms with van der Waals surface area (Å²) in [6.07, 6.45) is 1.47. The Morgan fingerprint density at radius 1 is 1.43 bits per heavy atom. The van der Waals surface area contributed by atoms with E-state index in [9.17, 15) is 8.78 Å². The molecule has 1 heterocycles. The van der Waals surface area contributed by atoms with Crippen molar-refractivity contribution in [2.75, 3.05) is 0 Å². The van der Waals surface area contributed by atoms with Gasteiger partial charge in [0.05, 0.1) is 16.7 Å². The average molecular weight is 216 g/mol. The molecule has 74 valence electrons. The fraction of sp³-hybridized carbons (Fsp3) is 0.125. The molecule has 1 aromatic carbocycles. The zero-order valence-electron chi connectivity index (χ0n) is 6.87. The van der Waals surface area contributed by atoms with Gasteiger partial charge in [-0.05, 0) is 12.1 Å². The molecule has 1 aromatic heterocycles. The highest BCUT2D eigenvalue weighted by Crippen LogP contribution is 2.30. The molecule has 0 aliphatic heterocycles. The summed E-state index contributed by atoms with van der Waals surface area (Å²) in [7, 11) is 0. The SMILES string of the molecule is FC(F)Oc1ccc2[nH]cnc2c1S. The van der Waals surface area contributed by atoms with Gasteiger partial charge in [-0.2, -0.15) is 8.78 Å². The maximum absolute atomic E-state index is 11.9. The number of hydrogen-bond donors (Lipinski definition) is 2. The first-order valence-electron chi connectivity index (χ1n) is 3.78. The number of imidazole rings is 1. The molecule has 1 N–H and O–H groups in total. The molecule has 2 aromatic rings. The summed E-state index contributed by atoms with van der Waals surface area (Å²) in [5, 5.41) is 0. The molecule has 0 spiro atoms. The molecule has 14 heavy (non-hydrogen) atoms. The Kier molecular flexibility index (Phi) is 2.28. The zero-order chi connectivity index (χ0) is 10.1. The molecule has 0 fully saturated rings. The maximum Gasteiger partial charge on any atom is 0.387 e. The van der Waals surface area contributed by atoms with Gasteiger partial charge in [-0.15, -0.1) is 12.6 Å². The summed E-state index contributed by atoms with van der Waals surface area (Å²) in [4.78, 5) is 7.08. The Morgan fingerprint density at radius 2 is 2.21 bits per heavy atom. The molecule has 0 saturated heterocycles. The van der Waals surface area contributed by atoms with Crippen LogP contribution >= 0.6 is 12.6 Å². The fourth-order valence-electron chi connectivity index (χ4n) is 1.17. The van der Waals surface area contributed by atoms with E-state index in [1.807, 2.05) is 0 Å². The average Bonchev–Trinajstić information content (AvgIpc) is 2.57. The maximum atomic E-state index is 11.9.